The van der Waals surface area contributed by atoms with E-state index in [-0.39, 0.29) is 30.7 Å². The number of ether oxygens (including phenoxy) is 4. The highest BCUT2D eigenvalue weighted by atomic mass is 127. The van der Waals surface area contributed by atoms with E-state index in [2.05, 4.69) is 40.0 Å². The van der Waals surface area contributed by atoms with E-state index in [1.54, 1.807) is 26.1 Å². The van der Waals surface area contributed by atoms with Crippen LogP contribution in [0.3, 0.4) is 0 Å². The fourth-order valence-corrected chi connectivity index (χ4v) is 4.89. The monoisotopic (exact) mass is 784 g/mol. The van der Waals surface area contributed by atoms with E-state index in [1.807, 2.05) is 54.1 Å². The largest absolute Gasteiger partial charge is 0.484 e. The van der Waals surface area contributed by atoms with Crippen LogP contribution in [0.2, 0.25) is 0 Å². The SMILES string of the molecule is CC.COc1cnc2c(-c3nc4cc(F)c(OC(C)COC(=O)Nc5cnc(OCC(C)O)nc5)cc4s3)cc(C)cc2n1.SI. The van der Waals surface area contributed by atoms with Crippen molar-refractivity contribution in [3.63, 3.8) is 0 Å². The first-order chi connectivity index (χ1) is 22.2. The summed E-state index contributed by atoms with van der Waals surface area (Å²) in [5, 5.41) is 12.4. The lowest BCUT2D eigenvalue weighted by Gasteiger charge is -2.15. The molecule has 12 nitrogen and oxygen atoms in total. The average molecular weight is 785 g/mol. The van der Waals surface area contributed by atoms with E-state index in [1.165, 1.54) is 36.9 Å². The number of amides is 1. The Labute approximate surface area is 287 Å². The molecule has 2 atom stereocenters. The lowest BCUT2D eigenvalue weighted by Crippen LogP contribution is -2.24. The van der Waals surface area contributed by atoms with Gasteiger partial charge in [-0.05, 0) is 59.7 Å². The maximum Gasteiger partial charge on any atom is 0.411 e. The van der Waals surface area contributed by atoms with Gasteiger partial charge >= 0.3 is 12.1 Å². The lowest BCUT2D eigenvalue weighted by atomic mass is 10.1. The molecule has 0 saturated heterocycles. The molecule has 0 spiro atoms. The summed E-state index contributed by atoms with van der Waals surface area (Å²) < 4.78 is 37.0. The van der Waals surface area contributed by atoms with Crippen molar-refractivity contribution in [2.45, 2.75) is 46.8 Å². The van der Waals surface area contributed by atoms with E-state index < -0.39 is 24.1 Å². The number of fused-ring (bicyclic) bond motifs is 2. The van der Waals surface area contributed by atoms with E-state index in [9.17, 15) is 14.3 Å². The van der Waals surface area contributed by atoms with Crippen molar-refractivity contribution in [2.75, 3.05) is 25.6 Å². The van der Waals surface area contributed by atoms with Crippen LogP contribution in [0.25, 0.3) is 31.8 Å². The van der Waals surface area contributed by atoms with Crippen LogP contribution in [-0.4, -0.2) is 68.7 Å². The van der Waals surface area contributed by atoms with Gasteiger partial charge in [0.15, 0.2) is 11.6 Å². The van der Waals surface area contributed by atoms with Gasteiger partial charge in [-0.3, -0.25) is 5.32 Å². The van der Waals surface area contributed by atoms with Crippen molar-refractivity contribution < 1.29 is 33.2 Å². The minimum Gasteiger partial charge on any atom is -0.484 e. The molecule has 246 valence electrons. The zero-order valence-corrected chi connectivity index (χ0v) is 29.8. The molecule has 0 radical (unpaired) electrons. The second kappa shape index (κ2) is 17.9. The number of aliphatic hydroxyl groups excluding tert-OH is 1. The Morgan fingerprint density at radius 3 is 2.43 bits per heavy atom. The fraction of sp³-hybridized carbons (Fsp3) is 0.333. The number of thiazole rings is 1. The van der Waals surface area contributed by atoms with Crippen molar-refractivity contribution in [1.29, 1.82) is 0 Å². The maximum atomic E-state index is 15.0. The number of carbonyl (C=O) groups excluding carboxylic acids is 1. The number of methoxy groups -OCH3 is 1. The number of benzene rings is 2. The predicted molar refractivity (Wildman–Crippen MR) is 188 cm³/mol. The molecule has 3 heterocycles. The first-order valence-electron chi connectivity index (χ1n) is 14.0. The Morgan fingerprint density at radius 1 is 1.04 bits per heavy atom. The Morgan fingerprint density at radius 2 is 1.76 bits per heavy atom. The summed E-state index contributed by atoms with van der Waals surface area (Å²) in [7, 11) is 5.03. The van der Waals surface area contributed by atoms with Gasteiger partial charge in [-0.25, -0.2) is 34.1 Å². The summed E-state index contributed by atoms with van der Waals surface area (Å²) in [5.41, 5.74) is 3.84. The molecule has 2 unspecified atom stereocenters. The highest BCUT2D eigenvalue weighted by molar-refractivity contribution is 14.2. The standard InChI is InChI=1S/C28H27FN6O6S.C2H6.HIS/c1-14-5-18(25-21(6-14)34-24(38-4)11-30-25)26-35-20-7-19(29)22(8-23(20)42-26)41-16(3)13-40-28(37)33-17-9-31-27(32-10-17)39-12-15(2)36;2*1-2/h5-11,15-16,36H,12-13H2,1-4H3,(H,33,37);1-2H3;2H. The summed E-state index contributed by atoms with van der Waals surface area (Å²) in [5.74, 6) is -0.177. The number of hydrogen-bond acceptors (Lipinski definition) is 13. The normalized spacial score (nSPS) is 11.8. The van der Waals surface area contributed by atoms with Crippen LogP contribution in [0.15, 0.2) is 42.9 Å². The second-order valence-corrected chi connectivity index (χ2v) is 10.5. The van der Waals surface area contributed by atoms with E-state index in [0.29, 0.717) is 32.1 Å². The topological polar surface area (TPSA) is 151 Å². The molecular formula is C30H34FIN6O6S2. The molecule has 2 aromatic carbocycles. The number of nitrogens with one attached hydrogen (secondary N) is 1. The summed E-state index contributed by atoms with van der Waals surface area (Å²) in [6.07, 6.45) is 2.13. The van der Waals surface area contributed by atoms with Crippen LogP contribution in [0.4, 0.5) is 14.9 Å². The Bertz CT molecular complexity index is 1750. The van der Waals surface area contributed by atoms with Crippen molar-refractivity contribution in [2.24, 2.45) is 0 Å². The smallest absolute Gasteiger partial charge is 0.411 e. The number of halogens is 2. The number of carbonyl (C=O) groups is 1. The van der Waals surface area contributed by atoms with Crippen LogP contribution < -0.4 is 19.5 Å². The molecule has 0 aliphatic heterocycles. The van der Waals surface area contributed by atoms with Gasteiger partial charge in [0.2, 0.25) is 5.88 Å². The summed E-state index contributed by atoms with van der Waals surface area (Å²) in [6, 6.07) is 6.83. The molecular weight excluding hydrogens is 750 g/mol. The second-order valence-electron chi connectivity index (χ2n) is 9.43. The number of nitrogens with zero attached hydrogens (tertiary/aromatic N) is 5. The molecule has 5 aromatic rings. The number of thiol groups is 1. The van der Waals surface area contributed by atoms with Crippen LogP contribution in [-0.2, 0) is 4.74 Å². The van der Waals surface area contributed by atoms with Gasteiger partial charge in [0.05, 0.1) is 58.7 Å². The molecule has 2 N–H and O–H groups in total. The molecule has 5 rings (SSSR count). The molecule has 16 heteroatoms. The summed E-state index contributed by atoms with van der Waals surface area (Å²) >= 11 is 3.22. The molecule has 0 fully saturated rings. The van der Waals surface area contributed by atoms with Crippen molar-refractivity contribution in [1.82, 2.24) is 24.9 Å². The van der Waals surface area contributed by atoms with Gasteiger partial charge in [-0.2, -0.15) is 0 Å². The molecule has 0 bridgehead atoms. The third kappa shape index (κ3) is 9.94. The van der Waals surface area contributed by atoms with Gasteiger partial charge in [0, 0.05) is 17.7 Å². The van der Waals surface area contributed by atoms with Crippen LogP contribution in [0, 0.1) is 12.7 Å². The molecule has 46 heavy (non-hydrogen) atoms. The maximum absolute atomic E-state index is 15.0. The van der Waals surface area contributed by atoms with Crippen LogP contribution >= 0.6 is 42.3 Å². The highest BCUT2D eigenvalue weighted by Gasteiger charge is 2.18. The lowest BCUT2D eigenvalue weighted by molar-refractivity contribution is 0.0969. The first-order valence-corrected chi connectivity index (χ1v) is 18.1. The number of hydrogen-bond donors (Lipinski definition) is 3. The van der Waals surface area contributed by atoms with Crippen LogP contribution in [0.5, 0.6) is 17.6 Å². The van der Waals surface area contributed by atoms with E-state index >= 15 is 0 Å². The molecule has 1 amide bonds. The Hall–Kier alpha value is -3.61. The molecule has 0 saturated carbocycles. The summed E-state index contributed by atoms with van der Waals surface area (Å²) in [6.45, 7) is 9.07. The van der Waals surface area contributed by atoms with Gasteiger partial charge in [-0.15, -0.1) is 21.1 Å². The number of aliphatic hydroxyl groups is 1. The Kier molecular flexibility index (Phi) is 14.4. The van der Waals surface area contributed by atoms with Crippen molar-refractivity contribution in [3.8, 4) is 28.2 Å². The Balaban J connectivity index is 0.00000139. The molecule has 3 aromatic heterocycles. The minimum atomic E-state index is -0.763. The molecule has 0 aliphatic carbocycles. The van der Waals surface area contributed by atoms with Gasteiger partial charge in [0.1, 0.15) is 24.3 Å². The molecule has 0 aliphatic rings. The predicted octanol–water partition coefficient (Wildman–Crippen LogP) is 7.22. The third-order valence-electron chi connectivity index (χ3n) is 5.76. The quantitative estimate of drug-likeness (QED) is 0.0973. The zero-order chi connectivity index (χ0) is 33.8. The van der Waals surface area contributed by atoms with Gasteiger partial charge in [-0.1, -0.05) is 13.8 Å². The third-order valence-corrected chi connectivity index (χ3v) is 6.81. The highest BCUT2D eigenvalue weighted by Crippen LogP contribution is 2.37. The van der Waals surface area contributed by atoms with E-state index in [4.69, 9.17) is 18.9 Å². The van der Waals surface area contributed by atoms with Gasteiger partial charge in [0.25, 0.3) is 0 Å². The van der Waals surface area contributed by atoms with E-state index in [0.717, 1.165) is 11.1 Å². The average Bonchev–Trinajstić information content (AvgIpc) is 3.47. The fourth-order valence-electron chi connectivity index (χ4n) is 3.89. The first kappa shape index (κ1) is 36.9. The number of aryl methyl sites for hydroxylation is 1. The number of rotatable bonds is 10. The van der Waals surface area contributed by atoms with Crippen LogP contribution in [0.1, 0.15) is 33.3 Å². The number of aromatic nitrogens is 5. The summed E-state index contributed by atoms with van der Waals surface area (Å²) in [4.78, 5) is 33.7. The van der Waals surface area contributed by atoms with Gasteiger partial charge < -0.3 is 24.1 Å². The van der Waals surface area contributed by atoms with Crippen molar-refractivity contribution in [3.05, 3.63) is 54.2 Å². The van der Waals surface area contributed by atoms with Crippen molar-refractivity contribution >= 4 is 75.4 Å². The zero-order valence-electron chi connectivity index (χ0n) is 25.9. The number of anilines is 1. The minimum absolute atomic E-state index is 0.00835.